The van der Waals surface area contributed by atoms with Gasteiger partial charge in [0.2, 0.25) is 0 Å². The molecule has 1 aromatic heterocycles. The zero-order chi connectivity index (χ0) is 17.1. The van der Waals surface area contributed by atoms with Crippen molar-refractivity contribution in [2.45, 2.75) is 44.3 Å². The van der Waals surface area contributed by atoms with Gasteiger partial charge in [-0.3, -0.25) is 0 Å². The van der Waals surface area contributed by atoms with Gasteiger partial charge in [-0.2, -0.15) is 0 Å². The van der Waals surface area contributed by atoms with Gasteiger partial charge in [0, 0.05) is 17.5 Å². The Kier molecular flexibility index (Phi) is 5.27. The number of fused-ring (bicyclic) bond motifs is 1. The average molecular weight is 340 g/mol. The topological polar surface area (TPSA) is 29.9 Å². The van der Waals surface area contributed by atoms with Gasteiger partial charge in [0.05, 0.1) is 17.1 Å². The van der Waals surface area contributed by atoms with Crippen LogP contribution >= 0.6 is 11.8 Å². The van der Waals surface area contributed by atoms with Crippen molar-refractivity contribution in [2.75, 3.05) is 6.26 Å². The molecule has 0 bridgehead atoms. The molecule has 3 nitrogen and oxygen atoms in total. The summed E-state index contributed by atoms with van der Waals surface area (Å²) in [6.45, 7) is 7.46. The number of nitrogens with one attached hydrogen (secondary N) is 1. The Morgan fingerprint density at radius 2 is 1.75 bits per heavy atom. The SMILES string of the molecule is CSc1ccc(CNC(C)c2nc3ccccc3n2C(C)C)cc1. The summed E-state index contributed by atoms with van der Waals surface area (Å²) in [5.74, 6) is 1.10. The fourth-order valence-corrected chi connectivity index (χ4v) is 3.43. The van der Waals surface area contributed by atoms with E-state index in [1.807, 2.05) is 0 Å². The van der Waals surface area contributed by atoms with E-state index < -0.39 is 0 Å². The van der Waals surface area contributed by atoms with Crippen molar-refractivity contribution in [2.24, 2.45) is 0 Å². The number of aromatic nitrogens is 2. The molecule has 1 N–H and O–H groups in total. The van der Waals surface area contributed by atoms with Crippen molar-refractivity contribution < 1.29 is 0 Å². The molecule has 2 aromatic carbocycles. The van der Waals surface area contributed by atoms with Crippen LogP contribution in [0.15, 0.2) is 53.4 Å². The first-order chi connectivity index (χ1) is 11.6. The van der Waals surface area contributed by atoms with Crippen LogP contribution in [0.3, 0.4) is 0 Å². The lowest BCUT2D eigenvalue weighted by atomic mass is 10.2. The summed E-state index contributed by atoms with van der Waals surface area (Å²) < 4.78 is 2.34. The number of imidazole rings is 1. The van der Waals surface area contributed by atoms with E-state index in [4.69, 9.17) is 4.98 Å². The summed E-state index contributed by atoms with van der Waals surface area (Å²) in [5.41, 5.74) is 3.58. The number of thioether (sulfide) groups is 1. The van der Waals surface area contributed by atoms with E-state index >= 15 is 0 Å². The minimum Gasteiger partial charge on any atom is -0.324 e. The molecule has 0 radical (unpaired) electrons. The normalized spacial score (nSPS) is 12.9. The average Bonchev–Trinajstić information content (AvgIpc) is 3.00. The molecule has 126 valence electrons. The molecule has 0 saturated heterocycles. The summed E-state index contributed by atoms with van der Waals surface area (Å²) >= 11 is 1.77. The summed E-state index contributed by atoms with van der Waals surface area (Å²) in [7, 11) is 0. The van der Waals surface area contributed by atoms with Crippen molar-refractivity contribution in [1.29, 1.82) is 0 Å². The number of rotatable bonds is 6. The second-order valence-electron chi connectivity index (χ2n) is 6.37. The molecule has 3 rings (SSSR count). The minimum atomic E-state index is 0.194. The third-order valence-corrected chi connectivity index (χ3v) is 5.04. The first-order valence-corrected chi connectivity index (χ1v) is 9.65. The van der Waals surface area contributed by atoms with Crippen LogP contribution in [0.25, 0.3) is 11.0 Å². The van der Waals surface area contributed by atoms with Crippen LogP contribution in [-0.4, -0.2) is 15.8 Å². The Morgan fingerprint density at radius 3 is 2.42 bits per heavy atom. The molecular formula is C20H25N3S. The smallest absolute Gasteiger partial charge is 0.127 e. The predicted octanol–water partition coefficient (Wildman–Crippen LogP) is 5.19. The number of hydrogen-bond donors (Lipinski definition) is 1. The third kappa shape index (κ3) is 3.50. The molecule has 24 heavy (non-hydrogen) atoms. The van der Waals surface area contributed by atoms with Crippen molar-refractivity contribution in [3.8, 4) is 0 Å². The first kappa shape index (κ1) is 17.1. The Balaban J connectivity index is 1.80. The van der Waals surface area contributed by atoms with E-state index in [0.717, 1.165) is 17.9 Å². The molecule has 0 aliphatic heterocycles. The maximum absolute atomic E-state index is 4.87. The zero-order valence-electron chi connectivity index (χ0n) is 14.8. The van der Waals surface area contributed by atoms with Crippen LogP contribution in [0, 0.1) is 0 Å². The lowest BCUT2D eigenvalue weighted by Crippen LogP contribution is -2.22. The molecule has 0 amide bonds. The summed E-state index contributed by atoms with van der Waals surface area (Å²) in [6.07, 6.45) is 2.10. The van der Waals surface area contributed by atoms with Crippen LogP contribution in [0.5, 0.6) is 0 Å². The molecule has 4 heteroatoms. The molecule has 0 aliphatic rings. The fraction of sp³-hybridized carbons (Fsp3) is 0.350. The molecular weight excluding hydrogens is 314 g/mol. The maximum atomic E-state index is 4.87. The largest absolute Gasteiger partial charge is 0.324 e. The molecule has 0 saturated carbocycles. The van der Waals surface area contributed by atoms with Gasteiger partial charge in [-0.1, -0.05) is 24.3 Å². The molecule has 0 spiro atoms. The van der Waals surface area contributed by atoms with Crippen LogP contribution in [-0.2, 0) is 6.54 Å². The van der Waals surface area contributed by atoms with E-state index in [2.05, 4.69) is 85.4 Å². The lowest BCUT2D eigenvalue weighted by molar-refractivity contribution is 0.491. The minimum absolute atomic E-state index is 0.194. The van der Waals surface area contributed by atoms with E-state index in [-0.39, 0.29) is 6.04 Å². The lowest BCUT2D eigenvalue weighted by Gasteiger charge is -2.19. The Bertz CT molecular complexity index is 805. The van der Waals surface area contributed by atoms with Crippen molar-refractivity contribution in [3.63, 3.8) is 0 Å². The molecule has 0 aliphatic carbocycles. The van der Waals surface area contributed by atoms with Crippen molar-refractivity contribution >= 4 is 22.8 Å². The van der Waals surface area contributed by atoms with E-state index in [1.54, 1.807) is 11.8 Å². The quantitative estimate of drug-likeness (QED) is 0.627. The number of hydrogen-bond acceptors (Lipinski definition) is 3. The van der Waals surface area contributed by atoms with E-state index in [1.165, 1.54) is 16.0 Å². The Morgan fingerprint density at radius 1 is 1.04 bits per heavy atom. The highest BCUT2D eigenvalue weighted by Crippen LogP contribution is 2.25. The molecule has 3 aromatic rings. The van der Waals surface area contributed by atoms with Crippen LogP contribution in [0.4, 0.5) is 0 Å². The van der Waals surface area contributed by atoms with Gasteiger partial charge in [-0.25, -0.2) is 4.98 Å². The van der Waals surface area contributed by atoms with Gasteiger partial charge in [0.15, 0.2) is 0 Å². The highest BCUT2D eigenvalue weighted by molar-refractivity contribution is 7.98. The van der Waals surface area contributed by atoms with Crippen LogP contribution in [0.1, 0.15) is 44.2 Å². The molecule has 1 atom stereocenters. The Hall–Kier alpha value is -1.78. The number of nitrogens with zero attached hydrogens (tertiary/aromatic N) is 2. The second kappa shape index (κ2) is 7.41. The third-order valence-electron chi connectivity index (χ3n) is 4.30. The molecule has 1 heterocycles. The predicted molar refractivity (Wildman–Crippen MR) is 104 cm³/mol. The fourth-order valence-electron chi connectivity index (χ4n) is 3.02. The van der Waals surface area contributed by atoms with E-state index in [0.29, 0.717) is 6.04 Å². The zero-order valence-corrected chi connectivity index (χ0v) is 15.6. The highest BCUT2D eigenvalue weighted by atomic mass is 32.2. The molecule has 0 fully saturated rings. The van der Waals surface area contributed by atoms with Gasteiger partial charge in [-0.05, 0) is 56.9 Å². The summed E-state index contributed by atoms with van der Waals surface area (Å²) in [6, 6.07) is 17.7. The second-order valence-corrected chi connectivity index (χ2v) is 7.25. The van der Waals surface area contributed by atoms with Gasteiger partial charge < -0.3 is 9.88 Å². The van der Waals surface area contributed by atoms with Crippen molar-refractivity contribution in [3.05, 3.63) is 59.9 Å². The van der Waals surface area contributed by atoms with E-state index in [9.17, 15) is 0 Å². The summed E-state index contributed by atoms with van der Waals surface area (Å²) in [5, 5.41) is 3.62. The van der Waals surface area contributed by atoms with Crippen LogP contribution < -0.4 is 5.32 Å². The standard InChI is InChI=1S/C20H25N3S/c1-14(2)23-19-8-6-5-7-18(19)22-20(23)15(3)21-13-16-9-11-17(24-4)12-10-16/h5-12,14-15,21H,13H2,1-4H3. The molecule has 1 unspecified atom stereocenters. The van der Waals surface area contributed by atoms with Gasteiger partial charge in [0.1, 0.15) is 5.82 Å². The number of para-hydroxylation sites is 2. The first-order valence-electron chi connectivity index (χ1n) is 8.43. The summed E-state index contributed by atoms with van der Waals surface area (Å²) in [4.78, 5) is 6.17. The van der Waals surface area contributed by atoms with Gasteiger partial charge in [-0.15, -0.1) is 11.8 Å². The van der Waals surface area contributed by atoms with Crippen molar-refractivity contribution in [1.82, 2.24) is 14.9 Å². The Labute approximate surface area is 148 Å². The van der Waals surface area contributed by atoms with Gasteiger partial charge >= 0.3 is 0 Å². The van der Waals surface area contributed by atoms with Gasteiger partial charge in [0.25, 0.3) is 0 Å². The highest BCUT2D eigenvalue weighted by Gasteiger charge is 2.17. The maximum Gasteiger partial charge on any atom is 0.127 e. The van der Waals surface area contributed by atoms with Crippen LogP contribution in [0.2, 0.25) is 0 Å². The number of benzene rings is 2. The monoisotopic (exact) mass is 339 g/mol.